The monoisotopic (exact) mass is 466 g/mol. The number of hydrogen-bond donors (Lipinski definition) is 1. The second-order valence-corrected chi connectivity index (χ2v) is 12.3. The van der Waals surface area contributed by atoms with Gasteiger partial charge in [0.05, 0.1) is 6.10 Å². The zero-order valence-corrected chi connectivity index (χ0v) is 22.3. The Hall–Kier alpha value is -1.74. The highest BCUT2D eigenvalue weighted by molar-refractivity contribution is 6.17. The molecule has 1 fully saturated rings. The van der Waals surface area contributed by atoms with Crippen molar-refractivity contribution in [1.82, 2.24) is 0 Å². The molecular weight excluding hydrogens is 420 g/mol. The summed E-state index contributed by atoms with van der Waals surface area (Å²) in [5.41, 5.74) is 3.97. The minimum atomic E-state index is -0.277. The first-order chi connectivity index (χ1) is 15.9. The third-order valence-electron chi connectivity index (χ3n) is 9.36. The highest BCUT2D eigenvalue weighted by Gasteiger charge is 2.52. The lowest BCUT2D eigenvalue weighted by atomic mass is 9.48. The fourth-order valence-corrected chi connectivity index (χ4v) is 7.06. The van der Waals surface area contributed by atoms with Crippen LogP contribution in [0.15, 0.2) is 47.1 Å². The molecule has 0 aliphatic heterocycles. The van der Waals surface area contributed by atoms with Gasteiger partial charge in [-0.3, -0.25) is 9.59 Å². The molecule has 3 aliphatic carbocycles. The SMILES string of the molecule is CC1=CC[C@H]2C(C)(C)CCC[C@]2(C)[C@H]1C[C@@H](O)[C@H](C)CCC/C(C)=C/CC1=CC(=O)C=CC1=O. The third-order valence-corrected chi connectivity index (χ3v) is 9.36. The fourth-order valence-electron chi connectivity index (χ4n) is 7.06. The molecule has 1 N–H and O–H groups in total. The third kappa shape index (κ3) is 6.08. The molecule has 188 valence electrons. The lowest BCUT2D eigenvalue weighted by molar-refractivity contribution is -0.114. The maximum atomic E-state index is 11.9. The Labute approximate surface area is 207 Å². The highest BCUT2D eigenvalue weighted by Crippen LogP contribution is 2.60. The van der Waals surface area contributed by atoms with E-state index < -0.39 is 0 Å². The summed E-state index contributed by atoms with van der Waals surface area (Å²) in [4.78, 5) is 23.4. The van der Waals surface area contributed by atoms with Crippen molar-refractivity contribution in [1.29, 1.82) is 0 Å². The average molecular weight is 467 g/mol. The predicted octanol–water partition coefficient (Wildman–Crippen LogP) is 7.31. The van der Waals surface area contributed by atoms with Crippen molar-refractivity contribution in [3.63, 3.8) is 0 Å². The molecule has 5 atom stereocenters. The van der Waals surface area contributed by atoms with Gasteiger partial charge in [0.25, 0.3) is 0 Å². The van der Waals surface area contributed by atoms with E-state index in [9.17, 15) is 14.7 Å². The van der Waals surface area contributed by atoms with Gasteiger partial charge in [0, 0.05) is 5.57 Å². The Balaban J connectivity index is 1.51. The van der Waals surface area contributed by atoms with E-state index in [1.165, 1.54) is 55.1 Å². The van der Waals surface area contributed by atoms with Crippen molar-refractivity contribution in [2.24, 2.45) is 28.6 Å². The number of rotatable bonds is 9. The Kier molecular flexibility index (Phi) is 8.61. The molecule has 0 aromatic carbocycles. The minimum absolute atomic E-state index is 0.0651. The molecule has 3 nitrogen and oxygen atoms in total. The summed E-state index contributed by atoms with van der Waals surface area (Å²) in [5.74, 6) is 1.28. The van der Waals surface area contributed by atoms with Gasteiger partial charge in [-0.05, 0) is 112 Å². The van der Waals surface area contributed by atoms with Crippen molar-refractivity contribution >= 4 is 11.6 Å². The van der Waals surface area contributed by atoms with Gasteiger partial charge in [-0.1, -0.05) is 57.4 Å². The van der Waals surface area contributed by atoms with E-state index in [4.69, 9.17) is 0 Å². The Morgan fingerprint density at radius 3 is 2.68 bits per heavy atom. The number of allylic oxidation sites excluding steroid dienone is 8. The molecule has 0 unspecified atom stereocenters. The molecule has 0 aromatic rings. The van der Waals surface area contributed by atoms with Crippen LogP contribution in [0.4, 0.5) is 0 Å². The van der Waals surface area contributed by atoms with Crippen LogP contribution in [0.2, 0.25) is 0 Å². The normalized spacial score (nSPS) is 31.0. The van der Waals surface area contributed by atoms with Crippen molar-refractivity contribution in [2.45, 2.75) is 105 Å². The Morgan fingerprint density at radius 1 is 1.21 bits per heavy atom. The number of ketones is 2. The van der Waals surface area contributed by atoms with Crippen LogP contribution in [-0.2, 0) is 9.59 Å². The van der Waals surface area contributed by atoms with E-state index in [0.717, 1.165) is 25.7 Å². The molecule has 3 rings (SSSR count). The van der Waals surface area contributed by atoms with E-state index in [-0.39, 0.29) is 23.6 Å². The maximum absolute atomic E-state index is 11.9. The Morgan fingerprint density at radius 2 is 1.94 bits per heavy atom. The molecule has 0 saturated heterocycles. The summed E-state index contributed by atoms with van der Waals surface area (Å²) >= 11 is 0. The van der Waals surface area contributed by atoms with E-state index in [2.05, 4.69) is 53.7 Å². The summed E-state index contributed by atoms with van der Waals surface area (Å²) in [7, 11) is 0. The molecule has 34 heavy (non-hydrogen) atoms. The van der Waals surface area contributed by atoms with Gasteiger partial charge in [0.2, 0.25) is 0 Å². The molecule has 0 heterocycles. The van der Waals surface area contributed by atoms with Gasteiger partial charge >= 0.3 is 0 Å². The fraction of sp³-hybridized carbons (Fsp3) is 0.677. The smallest absolute Gasteiger partial charge is 0.182 e. The molecule has 0 bridgehead atoms. The van der Waals surface area contributed by atoms with Gasteiger partial charge < -0.3 is 5.11 Å². The summed E-state index contributed by atoms with van der Waals surface area (Å²) in [6.45, 7) is 14.0. The van der Waals surface area contributed by atoms with Crippen molar-refractivity contribution in [3.05, 3.63) is 47.1 Å². The van der Waals surface area contributed by atoms with Gasteiger partial charge in [0.1, 0.15) is 0 Å². The molecule has 0 spiro atoms. The quantitative estimate of drug-likeness (QED) is 0.286. The molecule has 0 amide bonds. The molecule has 1 saturated carbocycles. The largest absolute Gasteiger partial charge is 0.393 e. The van der Waals surface area contributed by atoms with Gasteiger partial charge in [-0.15, -0.1) is 0 Å². The summed E-state index contributed by atoms with van der Waals surface area (Å²) in [6.07, 6.45) is 17.9. The minimum Gasteiger partial charge on any atom is -0.393 e. The van der Waals surface area contributed by atoms with Gasteiger partial charge in [-0.2, -0.15) is 0 Å². The van der Waals surface area contributed by atoms with Gasteiger partial charge in [-0.25, -0.2) is 0 Å². The van der Waals surface area contributed by atoms with Crippen molar-refractivity contribution in [3.8, 4) is 0 Å². The average Bonchev–Trinajstić information content (AvgIpc) is 2.76. The van der Waals surface area contributed by atoms with Crippen LogP contribution in [0.3, 0.4) is 0 Å². The zero-order valence-electron chi connectivity index (χ0n) is 22.3. The molecule has 0 aromatic heterocycles. The molecule has 3 heteroatoms. The zero-order chi connectivity index (χ0) is 25.1. The van der Waals surface area contributed by atoms with E-state index >= 15 is 0 Å². The number of fused-ring (bicyclic) bond motifs is 1. The first kappa shape index (κ1) is 26.9. The van der Waals surface area contributed by atoms with Crippen molar-refractivity contribution in [2.75, 3.05) is 0 Å². The predicted molar refractivity (Wildman–Crippen MR) is 140 cm³/mol. The number of aliphatic hydroxyl groups is 1. The number of carbonyl (C=O) groups is 2. The number of carbonyl (C=O) groups excluding carboxylic acids is 2. The van der Waals surface area contributed by atoms with Crippen LogP contribution in [0, 0.1) is 28.6 Å². The van der Waals surface area contributed by atoms with Gasteiger partial charge in [0.15, 0.2) is 11.6 Å². The van der Waals surface area contributed by atoms with Crippen LogP contribution in [-0.4, -0.2) is 22.8 Å². The number of hydrogen-bond acceptors (Lipinski definition) is 3. The van der Waals surface area contributed by atoms with E-state index in [1.54, 1.807) is 0 Å². The van der Waals surface area contributed by atoms with Crippen LogP contribution in [0.1, 0.15) is 99.3 Å². The van der Waals surface area contributed by atoms with Crippen molar-refractivity contribution < 1.29 is 14.7 Å². The maximum Gasteiger partial charge on any atom is 0.182 e. The van der Waals surface area contributed by atoms with Crippen LogP contribution in [0.25, 0.3) is 0 Å². The topological polar surface area (TPSA) is 54.4 Å². The van der Waals surface area contributed by atoms with Crippen LogP contribution < -0.4 is 0 Å². The Bertz CT molecular complexity index is 900. The lowest BCUT2D eigenvalue weighted by Gasteiger charge is -2.57. The summed E-state index contributed by atoms with van der Waals surface area (Å²) in [5, 5.41) is 11.2. The summed E-state index contributed by atoms with van der Waals surface area (Å²) < 4.78 is 0. The molecular formula is C31H46O3. The first-order valence-electron chi connectivity index (χ1n) is 13.4. The summed E-state index contributed by atoms with van der Waals surface area (Å²) in [6, 6.07) is 0. The first-order valence-corrected chi connectivity index (χ1v) is 13.4. The molecule has 3 aliphatic rings. The van der Waals surface area contributed by atoms with Crippen LogP contribution >= 0.6 is 0 Å². The molecule has 0 radical (unpaired) electrons. The second-order valence-electron chi connectivity index (χ2n) is 12.3. The lowest BCUT2D eigenvalue weighted by Crippen LogP contribution is -2.49. The standard InChI is InChI=1S/C31H46O3/c1-21(11-13-24-19-25(32)14-15-27(24)33)9-7-10-23(3)28(34)20-26-22(2)12-16-29-30(4,5)17-8-18-31(26,29)6/h11-12,14-15,19,23,26,28-29,34H,7-10,13,16-18,20H2,1-6H3/b21-11+/t23-,26+,28-,29+,31-/m1/s1. The number of aliphatic hydroxyl groups excluding tert-OH is 1. The highest BCUT2D eigenvalue weighted by atomic mass is 16.3. The van der Waals surface area contributed by atoms with Crippen LogP contribution in [0.5, 0.6) is 0 Å². The van der Waals surface area contributed by atoms with E-state index in [1.807, 2.05) is 0 Å². The second kappa shape index (κ2) is 10.9. The van der Waals surface area contributed by atoms with E-state index in [0.29, 0.717) is 34.7 Å².